The maximum Gasteiger partial charge on any atom is 0.308 e. The molecule has 0 aromatic heterocycles. The van der Waals surface area contributed by atoms with Crippen molar-refractivity contribution in [3.63, 3.8) is 0 Å². The Morgan fingerprint density at radius 3 is 2.32 bits per heavy atom. The highest BCUT2D eigenvalue weighted by molar-refractivity contribution is 5.79. The van der Waals surface area contributed by atoms with Crippen molar-refractivity contribution >= 4 is 11.9 Å². The van der Waals surface area contributed by atoms with Gasteiger partial charge in [0.05, 0.1) is 12.5 Å². The third kappa shape index (κ3) is 5.42. The van der Waals surface area contributed by atoms with Crippen LogP contribution in [0.25, 0.3) is 0 Å². The van der Waals surface area contributed by atoms with E-state index in [0.717, 1.165) is 12.0 Å². The van der Waals surface area contributed by atoms with Gasteiger partial charge in [0, 0.05) is 32.0 Å². The zero-order valence-corrected chi connectivity index (χ0v) is 16.0. The largest absolute Gasteiger partial charge is 0.481 e. The topological polar surface area (TPSA) is 66.8 Å². The van der Waals surface area contributed by atoms with Gasteiger partial charge < -0.3 is 14.7 Å². The van der Waals surface area contributed by atoms with Gasteiger partial charge in [-0.25, -0.2) is 0 Å². The SMILES string of the molecule is O=C(O)[C@@H]1CN(C(=O)CCCOCCc2ccccc2)C[C@@H]1c1ccccc1. The number of carbonyl (C=O) groups excluding carboxylic acids is 1. The highest BCUT2D eigenvalue weighted by Gasteiger charge is 2.40. The minimum absolute atomic E-state index is 0.0105. The molecular weight excluding hydrogens is 354 g/mol. The highest BCUT2D eigenvalue weighted by Crippen LogP contribution is 2.33. The molecule has 28 heavy (non-hydrogen) atoms. The predicted octanol–water partition coefficient (Wildman–Crippen LogP) is 3.35. The summed E-state index contributed by atoms with van der Waals surface area (Å²) in [6, 6.07) is 19.8. The number of aliphatic carboxylic acids is 1. The summed E-state index contributed by atoms with van der Waals surface area (Å²) in [4.78, 5) is 25.9. The minimum Gasteiger partial charge on any atom is -0.481 e. The normalized spacial score (nSPS) is 18.9. The lowest BCUT2D eigenvalue weighted by molar-refractivity contribution is -0.141. The fourth-order valence-corrected chi connectivity index (χ4v) is 3.72. The van der Waals surface area contributed by atoms with Crippen molar-refractivity contribution in [2.45, 2.75) is 25.2 Å². The van der Waals surface area contributed by atoms with Gasteiger partial charge in [-0.05, 0) is 24.0 Å². The van der Waals surface area contributed by atoms with Crippen molar-refractivity contribution in [3.05, 3.63) is 71.8 Å². The van der Waals surface area contributed by atoms with Crippen LogP contribution in [-0.2, 0) is 20.7 Å². The molecule has 1 heterocycles. The van der Waals surface area contributed by atoms with Crippen LogP contribution in [0, 0.1) is 5.92 Å². The van der Waals surface area contributed by atoms with Gasteiger partial charge in [-0.1, -0.05) is 60.7 Å². The molecule has 2 aromatic carbocycles. The fourth-order valence-electron chi connectivity index (χ4n) is 3.72. The molecule has 2 atom stereocenters. The van der Waals surface area contributed by atoms with Crippen LogP contribution in [0.1, 0.15) is 29.9 Å². The average molecular weight is 381 g/mol. The van der Waals surface area contributed by atoms with Crippen LogP contribution in [0.2, 0.25) is 0 Å². The molecule has 0 bridgehead atoms. The van der Waals surface area contributed by atoms with Crippen molar-refractivity contribution in [1.29, 1.82) is 0 Å². The number of benzene rings is 2. The van der Waals surface area contributed by atoms with E-state index in [1.54, 1.807) is 4.90 Å². The van der Waals surface area contributed by atoms with Gasteiger partial charge in [-0.2, -0.15) is 0 Å². The third-order valence-electron chi connectivity index (χ3n) is 5.27. The molecule has 1 aliphatic rings. The first-order chi connectivity index (χ1) is 13.6. The van der Waals surface area contributed by atoms with Crippen LogP contribution in [0.15, 0.2) is 60.7 Å². The Balaban J connectivity index is 1.41. The van der Waals surface area contributed by atoms with E-state index in [4.69, 9.17) is 4.74 Å². The summed E-state index contributed by atoms with van der Waals surface area (Å²) in [5.74, 6) is -1.53. The second-order valence-corrected chi connectivity index (χ2v) is 7.21. The number of ether oxygens (including phenoxy) is 1. The van der Waals surface area contributed by atoms with Crippen molar-refractivity contribution in [1.82, 2.24) is 4.90 Å². The summed E-state index contributed by atoms with van der Waals surface area (Å²) in [7, 11) is 0. The molecule has 1 fully saturated rings. The fraction of sp³-hybridized carbons (Fsp3) is 0.391. The molecule has 0 aliphatic carbocycles. The molecule has 148 valence electrons. The molecule has 0 unspecified atom stereocenters. The van der Waals surface area contributed by atoms with E-state index < -0.39 is 11.9 Å². The molecular formula is C23H27NO4. The molecule has 2 aromatic rings. The van der Waals surface area contributed by atoms with E-state index in [0.29, 0.717) is 32.6 Å². The molecule has 0 saturated carbocycles. The molecule has 1 saturated heterocycles. The maximum atomic E-state index is 12.5. The average Bonchev–Trinajstić information content (AvgIpc) is 3.18. The standard InChI is InChI=1S/C23H27NO4/c25-22(12-7-14-28-15-13-18-8-3-1-4-9-18)24-16-20(21(17-24)23(26)27)19-10-5-2-6-11-19/h1-6,8-11,20-21H,7,12-17H2,(H,26,27)/t20-,21-/m1/s1. The number of hydrogen-bond acceptors (Lipinski definition) is 3. The molecule has 0 spiro atoms. The molecule has 1 amide bonds. The lowest BCUT2D eigenvalue weighted by Crippen LogP contribution is -2.29. The highest BCUT2D eigenvalue weighted by atomic mass is 16.5. The van der Waals surface area contributed by atoms with Gasteiger partial charge in [-0.3, -0.25) is 9.59 Å². The summed E-state index contributed by atoms with van der Waals surface area (Å²) < 4.78 is 5.64. The van der Waals surface area contributed by atoms with Crippen molar-refractivity contribution in [2.75, 3.05) is 26.3 Å². The van der Waals surface area contributed by atoms with E-state index >= 15 is 0 Å². The van der Waals surface area contributed by atoms with Gasteiger partial charge in [0.1, 0.15) is 0 Å². The Morgan fingerprint density at radius 2 is 1.64 bits per heavy atom. The number of likely N-dealkylation sites (tertiary alicyclic amines) is 1. The Bertz CT molecular complexity index is 763. The monoisotopic (exact) mass is 381 g/mol. The summed E-state index contributed by atoms with van der Waals surface area (Å²) in [5, 5.41) is 9.55. The van der Waals surface area contributed by atoms with Crippen LogP contribution in [-0.4, -0.2) is 48.2 Å². The molecule has 3 rings (SSSR count). The Morgan fingerprint density at radius 1 is 0.964 bits per heavy atom. The molecule has 5 heteroatoms. The minimum atomic E-state index is -0.839. The molecule has 1 aliphatic heterocycles. The Labute approximate surface area is 165 Å². The number of nitrogens with zero attached hydrogens (tertiary/aromatic N) is 1. The Kier molecular flexibility index (Phi) is 7.20. The molecule has 5 nitrogen and oxygen atoms in total. The number of carboxylic acids is 1. The van der Waals surface area contributed by atoms with Crippen molar-refractivity contribution in [3.8, 4) is 0 Å². The van der Waals surface area contributed by atoms with Gasteiger partial charge >= 0.3 is 5.97 Å². The summed E-state index contributed by atoms with van der Waals surface area (Å²) in [5.41, 5.74) is 2.22. The first kappa shape index (κ1) is 20.1. The lowest BCUT2D eigenvalue weighted by atomic mass is 9.89. The zero-order chi connectivity index (χ0) is 19.8. The van der Waals surface area contributed by atoms with E-state index in [1.807, 2.05) is 48.5 Å². The van der Waals surface area contributed by atoms with E-state index in [-0.39, 0.29) is 18.4 Å². The quantitative estimate of drug-likeness (QED) is 0.677. The lowest BCUT2D eigenvalue weighted by Gasteiger charge is -2.16. The summed E-state index contributed by atoms with van der Waals surface area (Å²) >= 11 is 0. The molecule has 0 radical (unpaired) electrons. The predicted molar refractivity (Wildman–Crippen MR) is 107 cm³/mol. The van der Waals surface area contributed by atoms with Crippen LogP contribution in [0.5, 0.6) is 0 Å². The summed E-state index contributed by atoms with van der Waals surface area (Å²) in [6.07, 6.45) is 1.90. The molecule has 1 N–H and O–H groups in total. The summed E-state index contributed by atoms with van der Waals surface area (Å²) in [6.45, 7) is 1.92. The van der Waals surface area contributed by atoms with Crippen LogP contribution in [0.4, 0.5) is 0 Å². The number of rotatable bonds is 9. The number of hydrogen-bond donors (Lipinski definition) is 1. The van der Waals surface area contributed by atoms with Crippen LogP contribution >= 0.6 is 0 Å². The maximum absolute atomic E-state index is 12.5. The first-order valence-corrected chi connectivity index (χ1v) is 9.82. The van der Waals surface area contributed by atoms with E-state index in [1.165, 1.54) is 5.56 Å². The van der Waals surface area contributed by atoms with E-state index in [2.05, 4.69) is 12.1 Å². The van der Waals surface area contributed by atoms with Crippen molar-refractivity contribution < 1.29 is 19.4 Å². The van der Waals surface area contributed by atoms with Gasteiger partial charge in [0.15, 0.2) is 0 Å². The number of carboxylic acid groups (broad SMARTS) is 1. The van der Waals surface area contributed by atoms with Gasteiger partial charge in [-0.15, -0.1) is 0 Å². The number of carbonyl (C=O) groups is 2. The smallest absolute Gasteiger partial charge is 0.308 e. The van der Waals surface area contributed by atoms with Gasteiger partial charge in [0.2, 0.25) is 5.91 Å². The second-order valence-electron chi connectivity index (χ2n) is 7.21. The third-order valence-corrected chi connectivity index (χ3v) is 5.27. The number of amides is 1. The van der Waals surface area contributed by atoms with Crippen LogP contribution < -0.4 is 0 Å². The Hall–Kier alpha value is -2.66. The second kappa shape index (κ2) is 10.0. The van der Waals surface area contributed by atoms with Crippen molar-refractivity contribution in [2.24, 2.45) is 5.92 Å². The first-order valence-electron chi connectivity index (χ1n) is 9.82. The van der Waals surface area contributed by atoms with Crippen LogP contribution in [0.3, 0.4) is 0 Å². The van der Waals surface area contributed by atoms with Gasteiger partial charge in [0.25, 0.3) is 0 Å². The van der Waals surface area contributed by atoms with E-state index in [9.17, 15) is 14.7 Å². The zero-order valence-electron chi connectivity index (χ0n) is 16.0.